The zero-order chi connectivity index (χ0) is 18.2. The quantitative estimate of drug-likeness (QED) is 0.462. The lowest BCUT2D eigenvalue weighted by Crippen LogP contribution is -2.39. The van der Waals surface area contributed by atoms with E-state index in [0.717, 1.165) is 44.1 Å². The van der Waals surface area contributed by atoms with Crippen molar-refractivity contribution < 1.29 is 0 Å². The first kappa shape index (κ1) is 19.0. The number of benzene rings is 1. The van der Waals surface area contributed by atoms with E-state index < -0.39 is 0 Å². The fourth-order valence-corrected chi connectivity index (χ4v) is 3.00. The summed E-state index contributed by atoms with van der Waals surface area (Å²) in [5.74, 6) is 0.859. The van der Waals surface area contributed by atoms with Gasteiger partial charge in [-0.2, -0.15) is 5.10 Å². The number of hydrogen-bond acceptors (Lipinski definition) is 2. The van der Waals surface area contributed by atoms with E-state index >= 15 is 0 Å². The van der Waals surface area contributed by atoms with Crippen molar-refractivity contribution in [3.05, 3.63) is 52.3 Å². The fraction of sp³-hybridized carbons (Fsp3) is 0.500. The van der Waals surface area contributed by atoms with Crippen molar-refractivity contribution in [1.29, 1.82) is 0 Å². The number of guanidine groups is 1. The highest BCUT2D eigenvalue weighted by Gasteiger charge is 2.02. The summed E-state index contributed by atoms with van der Waals surface area (Å²) >= 11 is 0. The molecule has 2 N–H and O–H groups in total. The molecule has 2 rings (SSSR count). The molecule has 1 aromatic heterocycles. The second-order valence-electron chi connectivity index (χ2n) is 6.61. The Bertz CT molecular complexity index is 715. The summed E-state index contributed by atoms with van der Waals surface area (Å²) in [6, 6.07) is 8.74. The molecule has 1 aromatic carbocycles. The van der Waals surface area contributed by atoms with E-state index in [1.807, 2.05) is 14.0 Å². The average Bonchev–Trinajstić information content (AvgIpc) is 2.89. The number of rotatable bonds is 7. The van der Waals surface area contributed by atoms with E-state index in [9.17, 15) is 0 Å². The van der Waals surface area contributed by atoms with Crippen molar-refractivity contribution in [2.75, 3.05) is 20.1 Å². The van der Waals surface area contributed by atoms with Crippen LogP contribution in [0.4, 0.5) is 0 Å². The molecule has 0 fully saturated rings. The molecule has 0 amide bonds. The van der Waals surface area contributed by atoms with Gasteiger partial charge in [-0.05, 0) is 57.7 Å². The minimum absolute atomic E-state index is 0.859. The van der Waals surface area contributed by atoms with Gasteiger partial charge in [0.15, 0.2) is 5.96 Å². The molecule has 0 aliphatic heterocycles. The zero-order valence-corrected chi connectivity index (χ0v) is 16.2. The molecule has 0 spiro atoms. The van der Waals surface area contributed by atoms with Crippen LogP contribution in [0.1, 0.15) is 34.5 Å². The van der Waals surface area contributed by atoms with E-state index in [1.165, 1.54) is 22.4 Å². The number of aromatic nitrogens is 2. The summed E-state index contributed by atoms with van der Waals surface area (Å²) in [6.45, 7) is 11.1. The van der Waals surface area contributed by atoms with Crippen LogP contribution >= 0.6 is 0 Å². The Morgan fingerprint density at radius 2 is 1.84 bits per heavy atom. The molecule has 0 bridgehead atoms. The van der Waals surface area contributed by atoms with Crippen molar-refractivity contribution >= 4 is 5.96 Å². The van der Waals surface area contributed by atoms with Gasteiger partial charge in [0.1, 0.15) is 0 Å². The van der Waals surface area contributed by atoms with E-state index in [4.69, 9.17) is 0 Å². The van der Waals surface area contributed by atoms with Crippen LogP contribution in [0.5, 0.6) is 0 Å². The summed E-state index contributed by atoms with van der Waals surface area (Å²) in [7, 11) is 1.81. The van der Waals surface area contributed by atoms with Crippen molar-refractivity contribution in [1.82, 2.24) is 20.4 Å². The van der Waals surface area contributed by atoms with Gasteiger partial charge in [0.25, 0.3) is 0 Å². The molecule has 0 saturated carbocycles. The van der Waals surface area contributed by atoms with Crippen LogP contribution < -0.4 is 10.6 Å². The van der Waals surface area contributed by atoms with Crippen LogP contribution in [0.15, 0.2) is 29.3 Å². The van der Waals surface area contributed by atoms with E-state index in [1.54, 1.807) is 0 Å². The van der Waals surface area contributed by atoms with Crippen LogP contribution in [0.2, 0.25) is 0 Å². The van der Waals surface area contributed by atoms with Gasteiger partial charge in [0.2, 0.25) is 0 Å². The number of nitrogens with one attached hydrogen (secondary N) is 2. The van der Waals surface area contributed by atoms with Gasteiger partial charge < -0.3 is 10.6 Å². The molecule has 0 saturated heterocycles. The Kier molecular flexibility index (Phi) is 7.04. The Morgan fingerprint density at radius 3 is 2.48 bits per heavy atom. The van der Waals surface area contributed by atoms with E-state index in [-0.39, 0.29) is 0 Å². The maximum Gasteiger partial charge on any atom is 0.190 e. The standard InChI is InChI=1S/C20H31N5/c1-15-7-8-19(16(2)13-15)9-11-23-20(21-5)22-10-6-12-25-18(4)14-17(3)24-25/h7-8,13-14H,6,9-12H2,1-5H3,(H2,21,22,23). The minimum Gasteiger partial charge on any atom is -0.356 e. The third kappa shape index (κ3) is 5.93. The number of aryl methyl sites for hydroxylation is 5. The second-order valence-corrected chi connectivity index (χ2v) is 6.61. The van der Waals surface area contributed by atoms with Gasteiger partial charge in [-0.15, -0.1) is 0 Å². The molecule has 5 heteroatoms. The van der Waals surface area contributed by atoms with E-state index in [0.29, 0.717) is 0 Å². The summed E-state index contributed by atoms with van der Waals surface area (Å²) < 4.78 is 2.06. The molecule has 1 heterocycles. The summed E-state index contributed by atoms with van der Waals surface area (Å²) in [5, 5.41) is 11.3. The first-order chi connectivity index (χ1) is 12.0. The first-order valence-corrected chi connectivity index (χ1v) is 9.01. The highest BCUT2D eigenvalue weighted by molar-refractivity contribution is 5.79. The van der Waals surface area contributed by atoms with Gasteiger partial charge >= 0.3 is 0 Å². The Hall–Kier alpha value is -2.30. The predicted molar refractivity (Wildman–Crippen MR) is 105 cm³/mol. The molecule has 0 aliphatic rings. The molecule has 0 aliphatic carbocycles. The third-order valence-corrected chi connectivity index (χ3v) is 4.35. The third-order valence-electron chi connectivity index (χ3n) is 4.35. The van der Waals surface area contributed by atoms with Crippen LogP contribution in [-0.2, 0) is 13.0 Å². The molecule has 2 aromatic rings. The van der Waals surface area contributed by atoms with Gasteiger partial charge in [0.05, 0.1) is 5.69 Å². The smallest absolute Gasteiger partial charge is 0.190 e. The molecular weight excluding hydrogens is 310 g/mol. The normalized spacial score (nSPS) is 11.6. The Balaban J connectivity index is 1.69. The number of aliphatic imine (C=N–C) groups is 1. The fourth-order valence-electron chi connectivity index (χ4n) is 3.00. The summed E-state index contributed by atoms with van der Waals surface area (Å²) in [5.41, 5.74) is 6.35. The topological polar surface area (TPSA) is 54.2 Å². The lowest BCUT2D eigenvalue weighted by Gasteiger charge is -2.13. The largest absolute Gasteiger partial charge is 0.356 e. The summed E-state index contributed by atoms with van der Waals surface area (Å²) in [4.78, 5) is 4.29. The summed E-state index contributed by atoms with van der Waals surface area (Å²) in [6.07, 6.45) is 2.01. The van der Waals surface area contributed by atoms with Crippen molar-refractivity contribution in [3.63, 3.8) is 0 Å². The highest BCUT2D eigenvalue weighted by Crippen LogP contribution is 2.10. The number of hydrogen-bond donors (Lipinski definition) is 2. The minimum atomic E-state index is 0.859. The van der Waals surface area contributed by atoms with E-state index in [2.05, 4.69) is 70.4 Å². The van der Waals surface area contributed by atoms with Crippen molar-refractivity contribution in [2.24, 2.45) is 4.99 Å². The monoisotopic (exact) mass is 341 g/mol. The highest BCUT2D eigenvalue weighted by atomic mass is 15.3. The zero-order valence-electron chi connectivity index (χ0n) is 16.2. The molecular formula is C20H31N5. The first-order valence-electron chi connectivity index (χ1n) is 9.01. The van der Waals surface area contributed by atoms with Gasteiger partial charge in [0, 0.05) is 32.4 Å². The predicted octanol–water partition coefficient (Wildman–Crippen LogP) is 2.91. The molecule has 0 unspecified atom stereocenters. The van der Waals surface area contributed by atoms with Gasteiger partial charge in [-0.25, -0.2) is 0 Å². The second kappa shape index (κ2) is 9.25. The molecule has 0 radical (unpaired) electrons. The molecule has 5 nitrogen and oxygen atoms in total. The van der Waals surface area contributed by atoms with Gasteiger partial charge in [-0.3, -0.25) is 9.67 Å². The average molecular weight is 342 g/mol. The van der Waals surface area contributed by atoms with Crippen LogP contribution in [0, 0.1) is 27.7 Å². The molecule has 136 valence electrons. The Labute approximate surface area is 151 Å². The molecule has 0 atom stereocenters. The van der Waals surface area contributed by atoms with Crippen LogP contribution in [-0.4, -0.2) is 35.9 Å². The van der Waals surface area contributed by atoms with Gasteiger partial charge in [-0.1, -0.05) is 23.8 Å². The van der Waals surface area contributed by atoms with Crippen molar-refractivity contribution in [3.8, 4) is 0 Å². The lowest BCUT2D eigenvalue weighted by atomic mass is 10.0. The maximum absolute atomic E-state index is 4.49. The van der Waals surface area contributed by atoms with Crippen LogP contribution in [0.3, 0.4) is 0 Å². The molecule has 25 heavy (non-hydrogen) atoms. The Morgan fingerprint density at radius 1 is 1.08 bits per heavy atom. The maximum atomic E-state index is 4.49. The number of nitrogens with zero attached hydrogens (tertiary/aromatic N) is 3. The lowest BCUT2D eigenvalue weighted by molar-refractivity contribution is 0.555. The van der Waals surface area contributed by atoms with Crippen molar-refractivity contribution in [2.45, 2.75) is 47.1 Å². The SMILES string of the molecule is CN=C(NCCCn1nc(C)cc1C)NCCc1ccc(C)cc1C. The van der Waals surface area contributed by atoms with Crippen LogP contribution in [0.25, 0.3) is 0 Å².